The van der Waals surface area contributed by atoms with E-state index in [0.29, 0.717) is 5.75 Å². The number of hydrogen-bond acceptors (Lipinski definition) is 5. The van der Waals surface area contributed by atoms with Gasteiger partial charge < -0.3 is 10.1 Å². The lowest BCUT2D eigenvalue weighted by molar-refractivity contribution is 0.400. The van der Waals surface area contributed by atoms with Crippen molar-refractivity contribution in [1.29, 1.82) is 0 Å². The van der Waals surface area contributed by atoms with Crippen molar-refractivity contribution >= 4 is 17.6 Å². The molecule has 0 spiro atoms. The van der Waals surface area contributed by atoms with Gasteiger partial charge in [-0.3, -0.25) is 0 Å². The van der Waals surface area contributed by atoms with Crippen LogP contribution < -0.4 is 10.1 Å². The third kappa shape index (κ3) is 3.38. The Hall–Kier alpha value is -1.75. The second-order valence-corrected chi connectivity index (χ2v) is 5.07. The molecule has 1 N–H and O–H groups in total. The van der Waals surface area contributed by atoms with Gasteiger partial charge in [0.1, 0.15) is 11.4 Å². The molecule has 0 atom stereocenters. The molecule has 1 aromatic carbocycles. The molecule has 0 unspecified atom stereocenters. The van der Waals surface area contributed by atoms with Crippen LogP contribution >= 0.6 is 11.8 Å². The van der Waals surface area contributed by atoms with Crippen LogP contribution in [-0.4, -0.2) is 23.6 Å². The molecule has 5 heteroatoms. The molecule has 2 rings (SSSR count). The van der Waals surface area contributed by atoms with Gasteiger partial charge in [0.05, 0.1) is 7.11 Å². The van der Waals surface area contributed by atoms with E-state index in [1.807, 2.05) is 6.92 Å². The first-order chi connectivity index (χ1) is 9.24. The van der Waals surface area contributed by atoms with Crippen molar-refractivity contribution in [3.8, 4) is 5.75 Å². The molecular weight excluding hydrogens is 258 g/mol. The molecular formula is C14H17N3OS. The van der Waals surface area contributed by atoms with Gasteiger partial charge in [-0.25, -0.2) is 9.97 Å². The zero-order chi connectivity index (χ0) is 13.7. The van der Waals surface area contributed by atoms with E-state index < -0.39 is 0 Å². The number of benzene rings is 1. The maximum absolute atomic E-state index is 5.42. The van der Waals surface area contributed by atoms with E-state index >= 15 is 0 Å². The van der Waals surface area contributed by atoms with Crippen LogP contribution in [0.3, 0.4) is 0 Å². The molecule has 4 nitrogen and oxygen atoms in total. The minimum absolute atomic E-state index is 0.690. The Morgan fingerprint density at radius 3 is 2.58 bits per heavy atom. The number of anilines is 1. The maximum atomic E-state index is 5.42. The molecule has 0 aliphatic rings. The van der Waals surface area contributed by atoms with Gasteiger partial charge in [-0.15, -0.1) is 0 Å². The third-order valence-electron chi connectivity index (χ3n) is 2.55. The van der Waals surface area contributed by atoms with Crippen LogP contribution in [0.15, 0.2) is 40.5 Å². The number of hydrogen-bond donors (Lipinski definition) is 1. The van der Waals surface area contributed by atoms with Gasteiger partial charge in [0.15, 0.2) is 11.6 Å². The largest absolute Gasteiger partial charge is 0.490 e. The Morgan fingerprint density at radius 2 is 1.95 bits per heavy atom. The number of nitrogens with zero attached hydrogens (tertiary/aromatic N) is 2. The van der Waals surface area contributed by atoms with Crippen LogP contribution in [0.4, 0.5) is 5.82 Å². The molecule has 0 fully saturated rings. The molecule has 1 aromatic heterocycles. The molecule has 0 aliphatic heterocycles. The molecule has 2 aromatic rings. The Balaban J connectivity index is 2.28. The smallest absolute Gasteiger partial charge is 0.194 e. The average Bonchev–Trinajstić information content (AvgIpc) is 2.42. The summed E-state index contributed by atoms with van der Waals surface area (Å²) in [6.07, 6.45) is 1.55. The molecule has 0 saturated heterocycles. The number of aryl methyl sites for hydroxylation is 1. The number of nitrogens with one attached hydrogen (secondary N) is 1. The van der Waals surface area contributed by atoms with Crippen molar-refractivity contribution in [1.82, 2.24) is 9.97 Å². The summed E-state index contributed by atoms with van der Waals surface area (Å²) in [6, 6.07) is 8.32. The van der Waals surface area contributed by atoms with Crippen molar-refractivity contribution in [3.05, 3.63) is 36.2 Å². The quantitative estimate of drug-likeness (QED) is 0.848. The molecule has 0 bridgehead atoms. The van der Waals surface area contributed by atoms with Crippen LogP contribution in [0.25, 0.3) is 0 Å². The fourth-order valence-corrected chi connectivity index (χ4v) is 2.49. The first kappa shape index (κ1) is 13.7. The molecule has 0 saturated carbocycles. The van der Waals surface area contributed by atoms with E-state index in [-0.39, 0.29) is 0 Å². The van der Waals surface area contributed by atoms with E-state index in [1.54, 1.807) is 25.2 Å². The van der Waals surface area contributed by atoms with Gasteiger partial charge in [-0.1, -0.05) is 29.5 Å². The summed E-state index contributed by atoms with van der Waals surface area (Å²) in [5.74, 6) is 1.42. The molecule has 100 valence electrons. The Bertz CT molecular complexity index is 543. The van der Waals surface area contributed by atoms with Crippen molar-refractivity contribution in [2.45, 2.75) is 23.8 Å². The van der Waals surface area contributed by atoms with Gasteiger partial charge in [0.2, 0.25) is 0 Å². The van der Waals surface area contributed by atoms with Crippen LogP contribution in [0.1, 0.15) is 12.5 Å². The highest BCUT2D eigenvalue weighted by atomic mass is 32.2. The van der Waals surface area contributed by atoms with E-state index in [2.05, 4.69) is 46.5 Å². The Labute approximate surface area is 117 Å². The number of aromatic nitrogens is 2. The average molecular weight is 275 g/mol. The highest BCUT2D eigenvalue weighted by Gasteiger charge is 2.12. The number of rotatable bonds is 5. The minimum atomic E-state index is 0.690. The SMILES string of the molecule is CCNc1ncnc(Sc2ccc(C)cc2)c1OC. The first-order valence-electron chi connectivity index (χ1n) is 6.12. The molecule has 19 heavy (non-hydrogen) atoms. The summed E-state index contributed by atoms with van der Waals surface area (Å²) in [6.45, 7) is 4.89. The summed E-state index contributed by atoms with van der Waals surface area (Å²) in [7, 11) is 1.64. The lowest BCUT2D eigenvalue weighted by atomic mass is 10.2. The van der Waals surface area contributed by atoms with Crippen LogP contribution in [0.2, 0.25) is 0 Å². The monoisotopic (exact) mass is 275 g/mol. The Kier molecular flexibility index (Phi) is 4.63. The predicted octanol–water partition coefficient (Wildman–Crippen LogP) is 3.38. The zero-order valence-corrected chi connectivity index (χ0v) is 12.1. The normalized spacial score (nSPS) is 10.3. The van der Waals surface area contributed by atoms with E-state index in [0.717, 1.165) is 22.3 Å². The topological polar surface area (TPSA) is 47.0 Å². The van der Waals surface area contributed by atoms with E-state index in [1.165, 1.54) is 5.56 Å². The fraction of sp³-hybridized carbons (Fsp3) is 0.286. The molecule has 1 heterocycles. The predicted molar refractivity (Wildman–Crippen MR) is 78.0 cm³/mol. The highest BCUT2D eigenvalue weighted by molar-refractivity contribution is 7.99. The van der Waals surface area contributed by atoms with Gasteiger partial charge in [0.25, 0.3) is 0 Å². The van der Waals surface area contributed by atoms with Crippen molar-refractivity contribution in [3.63, 3.8) is 0 Å². The molecule has 0 radical (unpaired) electrons. The molecule has 0 amide bonds. The van der Waals surface area contributed by atoms with Gasteiger partial charge >= 0.3 is 0 Å². The highest BCUT2D eigenvalue weighted by Crippen LogP contribution is 2.36. The summed E-state index contributed by atoms with van der Waals surface area (Å²) in [5.41, 5.74) is 1.24. The Morgan fingerprint density at radius 1 is 1.21 bits per heavy atom. The van der Waals surface area contributed by atoms with Crippen LogP contribution in [0, 0.1) is 6.92 Å². The molecule has 0 aliphatic carbocycles. The maximum Gasteiger partial charge on any atom is 0.194 e. The number of ether oxygens (including phenoxy) is 1. The fourth-order valence-electron chi connectivity index (χ4n) is 1.63. The van der Waals surface area contributed by atoms with Crippen LogP contribution in [-0.2, 0) is 0 Å². The lowest BCUT2D eigenvalue weighted by Gasteiger charge is -2.11. The number of methoxy groups -OCH3 is 1. The second-order valence-electron chi connectivity index (χ2n) is 4.01. The van der Waals surface area contributed by atoms with Crippen molar-refractivity contribution in [2.24, 2.45) is 0 Å². The van der Waals surface area contributed by atoms with Crippen molar-refractivity contribution in [2.75, 3.05) is 19.0 Å². The second kappa shape index (κ2) is 6.43. The summed E-state index contributed by atoms with van der Waals surface area (Å²) < 4.78 is 5.42. The standard InChI is InChI=1S/C14H17N3OS/c1-4-15-13-12(18-3)14(17-9-16-13)19-11-7-5-10(2)6-8-11/h5-9H,4H2,1-3H3,(H,15,16,17). The summed E-state index contributed by atoms with van der Waals surface area (Å²) in [5, 5.41) is 3.99. The minimum Gasteiger partial charge on any atom is -0.490 e. The zero-order valence-electron chi connectivity index (χ0n) is 11.3. The summed E-state index contributed by atoms with van der Waals surface area (Å²) >= 11 is 1.57. The third-order valence-corrected chi connectivity index (χ3v) is 3.55. The van der Waals surface area contributed by atoms with E-state index in [4.69, 9.17) is 4.74 Å². The lowest BCUT2D eigenvalue weighted by Crippen LogP contribution is -2.03. The first-order valence-corrected chi connectivity index (χ1v) is 6.93. The summed E-state index contributed by atoms with van der Waals surface area (Å²) in [4.78, 5) is 9.62. The van der Waals surface area contributed by atoms with Crippen molar-refractivity contribution < 1.29 is 4.74 Å². The van der Waals surface area contributed by atoms with Gasteiger partial charge in [0, 0.05) is 11.4 Å². The van der Waals surface area contributed by atoms with Crippen LogP contribution in [0.5, 0.6) is 5.75 Å². The van der Waals surface area contributed by atoms with Gasteiger partial charge in [-0.2, -0.15) is 0 Å². The van der Waals surface area contributed by atoms with Gasteiger partial charge in [-0.05, 0) is 26.0 Å². The van der Waals surface area contributed by atoms with E-state index in [9.17, 15) is 0 Å².